The average molecular weight is 497 g/mol. The molecule has 0 radical (unpaired) electrons. The molecule has 0 amide bonds. The topological polar surface area (TPSA) is 111 Å². The minimum Gasteiger partial charge on any atom is -0.508 e. The zero-order chi connectivity index (χ0) is 26.0. The second-order valence-corrected chi connectivity index (χ2v) is 9.06. The van der Waals surface area contributed by atoms with Gasteiger partial charge in [0, 0.05) is 25.7 Å². The van der Waals surface area contributed by atoms with Gasteiger partial charge in [-0.05, 0) is 54.1 Å². The number of aromatic nitrogens is 3. The molecule has 0 saturated carbocycles. The van der Waals surface area contributed by atoms with Gasteiger partial charge in [-0.15, -0.1) is 0 Å². The van der Waals surface area contributed by atoms with Crippen molar-refractivity contribution in [3.05, 3.63) is 98.8 Å². The second kappa shape index (κ2) is 8.06. The molecule has 6 rings (SSSR count). The molecule has 0 unspecified atom stereocenters. The van der Waals surface area contributed by atoms with E-state index >= 15 is 0 Å². The van der Waals surface area contributed by atoms with Crippen LogP contribution < -0.4 is 21.3 Å². The first kappa shape index (κ1) is 22.5. The third-order valence-corrected chi connectivity index (χ3v) is 7.02. The smallest absolute Gasteiger partial charge is 0.331 e. The van der Waals surface area contributed by atoms with E-state index in [9.17, 15) is 19.8 Å². The molecule has 3 N–H and O–H groups in total. The summed E-state index contributed by atoms with van der Waals surface area (Å²) < 4.78 is 9.90. The summed E-state index contributed by atoms with van der Waals surface area (Å²) in [6, 6.07) is 18.8. The van der Waals surface area contributed by atoms with Crippen LogP contribution >= 0.6 is 0 Å². The van der Waals surface area contributed by atoms with E-state index < -0.39 is 17.3 Å². The number of anilines is 1. The van der Waals surface area contributed by atoms with E-state index in [0.29, 0.717) is 33.6 Å². The molecule has 0 bridgehead atoms. The maximum Gasteiger partial charge on any atom is 0.331 e. The van der Waals surface area contributed by atoms with E-state index in [-0.39, 0.29) is 11.5 Å². The van der Waals surface area contributed by atoms with E-state index in [0.717, 1.165) is 21.5 Å². The van der Waals surface area contributed by atoms with Gasteiger partial charge >= 0.3 is 5.69 Å². The highest BCUT2D eigenvalue weighted by Crippen LogP contribution is 2.47. The van der Waals surface area contributed by atoms with Crippen molar-refractivity contribution in [3.8, 4) is 34.2 Å². The number of hydrogen-bond acceptors (Lipinski definition) is 6. The fourth-order valence-corrected chi connectivity index (χ4v) is 5.25. The Kier molecular flexibility index (Phi) is 4.91. The monoisotopic (exact) mass is 496 g/mol. The summed E-state index contributed by atoms with van der Waals surface area (Å²) in [6.45, 7) is 0. The minimum absolute atomic E-state index is 0.0714. The van der Waals surface area contributed by atoms with Crippen molar-refractivity contribution in [2.24, 2.45) is 14.1 Å². The van der Waals surface area contributed by atoms with Gasteiger partial charge in [-0.25, -0.2) is 4.79 Å². The molecule has 1 atom stereocenters. The first-order chi connectivity index (χ1) is 17.8. The highest BCUT2D eigenvalue weighted by atomic mass is 16.5. The van der Waals surface area contributed by atoms with Crippen LogP contribution in [0.5, 0.6) is 17.2 Å². The Hall–Kier alpha value is -4.92. The molecule has 9 nitrogen and oxygen atoms in total. The number of benzene rings is 3. The number of aryl methyl sites for hydroxylation is 1. The number of ether oxygens (including phenoxy) is 1. The van der Waals surface area contributed by atoms with Crippen LogP contribution in [0, 0.1) is 0 Å². The lowest BCUT2D eigenvalue weighted by molar-refractivity contribution is 0.415. The quantitative estimate of drug-likeness (QED) is 0.352. The molecule has 186 valence electrons. The van der Waals surface area contributed by atoms with Crippen LogP contribution in [0.4, 0.5) is 5.69 Å². The summed E-state index contributed by atoms with van der Waals surface area (Å²) in [6.07, 6.45) is 0. The van der Waals surface area contributed by atoms with Gasteiger partial charge < -0.3 is 24.8 Å². The van der Waals surface area contributed by atoms with Gasteiger partial charge in [0.25, 0.3) is 5.56 Å². The van der Waals surface area contributed by atoms with Crippen molar-refractivity contribution >= 4 is 16.6 Å². The maximum atomic E-state index is 13.7. The van der Waals surface area contributed by atoms with E-state index in [2.05, 4.69) is 5.32 Å². The molecule has 1 aliphatic heterocycles. The Labute approximate surface area is 211 Å². The Morgan fingerprint density at radius 2 is 1.65 bits per heavy atom. The number of phenolic OH excluding ortho intramolecular Hbond substituents is 2. The van der Waals surface area contributed by atoms with Crippen molar-refractivity contribution in [1.29, 1.82) is 0 Å². The zero-order valence-electron chi connectivity index (χ0n) is 20.4. The number of nitrogens with one attached hydrogen (secondary N) is 1. The fraction of sp³-hybridized carbons (Fsp3) is 0.143. The van der Waals surface area contributed by atoms with Crippen molar-refractivity contribution < 1.29 is 14.9 Å². The predicted molar refractivity (Wildman–Crippen MR) is 141 cm³/mol. The fourth-order valence-electron chi connectivity index (χ4n) is 5.25. The first-order valence-electron chi connectivity index (χ1n) is 11.7. The summed E-state index contributed by atoms with van der Waals surface area (Å²) in [4.78, 5) is 26.8. The maximum absolute atomic E-state index is 13.7. The zero-order valence-corrected chi connectivity index (χ0v) is 20.4. The van der Waals surface area contributed by atoms with Crippen LogP contribution in [0.25, 0.3) is 27.8 Å². The molecule has 2 aromatic heterocycles. The first-order valence-corrected chi connectivity index (χ1v) is 11.7. The van der Waals surface area contributed by atoms with Gasteiger partial charge in [-0.1, -0.05) is 12.1 Å². The van der Waals surface area contributed by atoms with Crippen molar-refractivity contribution in [3.63, 3.8) is 0 Å². The number of nitrogens with zero attached hydrogens (tertiary/aromatic N) is 3. The third-order valence-electron chi connectivity index (χ3n) is 7.02. The molecule has 0 aliphatic carbocycles. The lowest BCUT2D eigenvalue weighted by Crippen LogP contribution is -2.37. The summed E-state index contributed by atoms with van der Waals surface area (Å²) in [7, 11) is 4.69. The van der Waals surface area contributed by atoms with Crippen molar-refractivity contribution in [1.82, 2.24) is 13.7 Å². The number of fused-ring (bicyclic) bond motifs is 5. The molecule has 9 heteroatoms. The summed E-state index contributed by atoms with van der Waals surface area (Å²) in [5.41, 5.74) is 3.66. The van der Waals surface area contributed by atoms with E-state index in [1.165, 1.54) is 23.7 Å². The molecule has 37 heavy (non-hydrogen) atoms. The van der Waals surface area contributed by atoms with Crippen molar-refractivity contribution in [2.45, 2.75) is 6.04 Å². The van der Waals surface area contributed by atoms with Crippen molar-refractivity contribution in [2.75, 3.05) is 12.4 Å². The van der Waals surface area contributed by atoms with Gasteiger partial charge in [-0.2, -0.15) is 0 Å². The molecule has 3 aromatic carbocycles. The lowest BCUT2D eigenvalue weighted by atomic mass is 9.98. The normalized spacial score (nSPS) is 14.2. The highest BCUT2D eigenvalue weighted by Gasteiger charge is 2.35. The Morgan fingerprint density at radius 3 is 2.35 bits per heavy atom. The highest BCUT2D eigenvalue weighted by molar-refractivity contribution is 5.99. The average Bonchev–Trinajstić information content (AvgIpc) is 3.27. The summed E-state index contributed by atoms with van der Waals surface area (Å²) in [5, 5.41) is 24.6. The summed E-state index contributed by atoms with van der Waals surface area (Å²) >= 11 is 0. The number of rotatable bonds is 3. The SMILES string of the molecule is COc1ccc(-c2c3c(=O)n(C)c(=O)n(C)c3c3n2-c2ccccc2N[C@H]3c2ccc(O)cc2O)cc1. The van der Waals surface area contributed by atoms with Gasteiger partial charge in [-0.3, -0.25) is 13.9 Å². The number of aromatic hydroxyl groups is 2. The van der Waals surface area contributed by atoms with E-state index in [1.807, 2.05) is 53.1 Å². The molecule has 0 fully saturated rings. The largest absolute Gasteiger partial charge is 0.508 e. The van der Waals surface area contributed by atoms with E-state index in [1.54, 1.807) is 20.2 Å². The van der Waals surface area contributed by atoms with Gasteiger partial charge in [0.05, 0.1) is 46.8 Å². The van der Waals surface area contributed by atoms with Gasteiger partial charge in [0.1, 0.15) is 17.2 Å². The molecule has 0 spiro atoms. The Balaban J connectivity index is 1.84. The molecule has 3 heterocycles. The number of para-hydroxylation sites is 2. The van der Waals surface area contributed by atoms with Gasteiger partial charge in [0.15, 0.2) is 0 Å². The van der Waals surface area contributed by atoms with Crippen LogP contribution in [0.3, 0.4) is 0 Å². The molecule has 0 saturated heterocycles. The van der Waals surface area contributed by atoms with Crippen LogP contribution in [0.2, 0.25) is 0 Å². The predicted octanol–water partition coefficient (Wildman–Crippen LogP) is 3.63. The molecular formula is C28H24N4O5. The second-order valence-electron chi connectivity index (χ2n) is 9.06. The third kappa shape index (κ3) is 3.17. The number of methoxy groups -OCH3 is 1. The number of hydrogen-bond donors (Lipinski definition) is 3. The minimum atomic E-state index is -0.636. The lowest BCUT2D eigenvalue weighted by Gasteiger charge is -2.31. The standard InChI is InChI=1S/C28H24N4O5/c1-30-25-22(27(35)31(2)28(30)36)24(15-8-11-17(37-3)12-9-15)32-20-7-5-4-6-19(20)29-23(26(25)32)18-13-10-16(33)14-21(18)34/h4-14,23,29,33-34H,1-3H3/t23-/m0/s1. The van der Waals surface area contributed by atoms with Crippen LogP contribution in [-0.2, 0) is 14.1 Å². The van der Waals surface area contributed by atoms with Crippen LogP contribution in [0.1, 0.15) is 17.3 Å². The Bertz CT molecular complexity index is 1830. The van der Waals surface area contributed by atoms with Crippen LogP contribution in [-0.4, -0.2) is 31.0 Å². The molecule has 5 aromatic rings. The van der Waals surface area contributed by atoms with Gasteiger partial charge in [0.2, 0.25) is 0 Å². The Morgan fingerprint density at radius 1 is 0.919 bits per heavy atom. The number of phenols is 2. The molecular weight excluding hydrogens is 472 g/mol. The summed E-state index contributed by atoms with van der Waals surface area (Å²) in [5.74, 6) is 0.489. The van der Waals surface area contributed by atoms with E-state index in [4.69, 9.17) is 4.74 Å². The van der Waals surface area contributed by atoms with Crippen LogP contribution in [0.15, 0.2) is 76.3 Å². The molecule has 1 aliphatic rings.